The van der Waals surface area contributed by atoms with Crippen LogP contribution in [-0.2, 0) is 14.3 Å². The Morgan fingerprint density at radius 2 is 1.81 bits per heavy atom. The largest absolute Gasteiger partial charge is 0.497 e. The normalized spacial score (nSPS) is 10.1. The zero-order valence-corrected chi connectivity index (χ0v) is 14.9. The molecule has 0 saturated carbocycles. The van der Waals surface area contributed by atoms with Crippen LogP contribution >= 0.6 is 0 Å². The zero-order valence-electron chi connectivity index (χ0n) is 14.9. The molecule has 0 unspecified atom stereocenters. The monoisotopic (exact) mass is 366 g/mol. The highest BCUT2D eigenvalue weighted by atomic mass is 16.5. The van der Waals surface area contributed by atoms with Gasteiger partial charge in [0.1, 0.15) is 11.5 Å². The second-order valence-electron chi connectivity index (χ2n) is 5.33. The number of benzene rings is 2. The molecule has 1 N–H and O–H groups in total. The van der Waals surface area contributed by atoms with Crippen LogP contribution in [0.15, 0.2) is 48.5 Å². The van der Waals surface area contributed by atoms with Gasteiger partial charge in [-0.15, -0.1) is 0 Å². The Bertz CT molecular complexity index is 877. The van der Waals surface area contributed by atoms with Crippen molar-refractivity contribution in [3.05, 3.63) is 59.7 Å². The van der Waals surface area contributed by atoms with Crippen molar-refractivity contribution < 1.29 is 23.8 Å². The molecule has 138 valence electrons. The van der Waals surface area contributed by atoms with Gasteiger partial charge in [0.05, 0.1) is 25.9 Å². The minimum Gasteiger partial charge on any atom is -0.497 e. The number of amides is 1. The van der Waals surface area contributed by atoms with E-state index in [2.05, 4.69) is 5.32 Å². The lowest BCUT2D eigenvalue weighted by Gasteiger charge is -2.06. The van der Waals surface area contributed by atoms with Crippen LogP contribution in [0.2, 0.25) is 0 Å². The Morgan fingerprint density at radius 1 is 1.11 bits per heavy atom. The fourth-order valence-electron chi connectivity index (χ4n) is 2.14. The van der Waals surface area contributed by atoms with Gasteiger partial charge in [-0.2, -0.15) is 5.26 Å². The molecule has 7 nitrogen and oxygen atoms in total. The summed E-state index contributed by atoms with van der Waals surface area (Å²) in [5.41, 5.74) is 1.55. The molecule has 0 aliphatic heterocycles. The summed E-state index contributed by atoms with van der Waals surface area (Å²) >= 11 is 0. The molecule has 2 aromatic carbocycles. The van der Waals surface area contributed by atoms with Gasteiger partial charge in [-0.05, 0) is 42.0 Å². The maximum absolute atomic E-state index is 11.8. The predicted molar refractivity (Wildman–Crippen MR) is 99.3 cm³/mol. The molecule has 27 heavy (non-hydrogen) atoms. The Labute approximate surface area is 156 Å². The number of hydrogen-bond acceptors (Lipinski definition) is 6. The van der Waals surface area contributed by atoms with Crippen molar-refractivity contribution >= 4 is 23.6 Å². The predicted octanol–water partition coefficient (Wildman–Crippen LogP) is 2.77. The van der Waals surface area contributed by atoms with Gasteiger partial charge in [0.2, 0.25) is 0 Å². The van der Waals surface area contributed by atoms with Crippen LogP contribution in [0.4, 0.5) is 5.69 Å². The quantitative estimate of drug-likeness (QED) is 0.598. The van der Waals surface area contributed by atoms with E-state index in [4.69, 9.17) is 19.5 Å². The second kappa shape index (κ2) is 9.63. The summed E-state index contributed by atoms with van der Waals surface area (Å²) in [6.45, 7) is -0.443. The lowest BCUT2D eigenvalue weighted by atomic mass is 10.2. The third kappa shape index (κ3) is 6.21. The summed E-state index contributed by atoms with van der Waals surface area (Å²) in [7, 11) is 3.06. The first-order valence-corrected chi connectivity index (χ1v) is 7.92. The van der Waals surface area contributed by atoms with E-state index < -0.39 is 18.5 Å². The van der Waals surface area contributed by atoms with Crippen LogP contribution in [0.3, 0.4) is 0 Å². The molecule has 2 rings (SSSR count). The van der Waals surface area contributed by atoms with E-state index in [9.17, 15) is 9.59 Å². The van der Waals surface area contributed by atoms with E-state index in [0.29, 0.717) is 28.3 Å². The maximum Gasteiger partial charge on any atom is 0.331 e. The van der Waals surface area contributed by atoms with Gasteiger partial charge in [0.25, 0.3) is 5.91 Å². The van der Waals surface area contributed by atoms with Crippen LogP contribution in [0.5, 0.6) is 11.5 Å². The molecule has 7 heteroatoms. The number of anilines is 1. The van der Waals surface area contributed by atoms with Crippen molar-refractivity contribution in [2.75, 3.05) is 26.1 Å². The number of rotatable bonds is 7. The van der Waals surface area contributed by atoms with Crippen LogP contribution < -0.4 is 14.8 Å². The third-order valence-electron chi connectivity index (χ3n) is 3.41. The number of nitrogens with one attached hydrogen (secondary N) is 1. The third-order valence-corrected chi connectivity index (χ3v) is 3.41. The molecule has 0 bridgehead atoms. The first-order chi connectivity index (χ1) is 13.0. The average Bonchev–Trinajstić information content (AvgIpc) is 2.70. The second-order valence-corrected chi connectivity index (χ2v) is 5.33. The van der Waals surface area contributed by atoms with Gasteiger partial charge in [-0.1, -0.05) is 6.07 Å². The van der Waals surface area contributed by atoms with Crippen molar-refractivity contribution in [3.63, 3.8) is 0 Å². The summed E-state index contributed by atoms with van der Waals surface area (Å²) in [4.78, 5) is 23.6. The molecule has 0 aliphatic rings. The molecule has 0 atom stereocenters. The van der Waals surface area contributed by atoms with Crippen molar-refractivity contribution in [1.29, 1.82) is 5.26 Å². The summed E-state index contributed by atoms with van der Waals surface area (Å²) in [5, 5.41) is 11.4. The van der Waals surface area contributed by atoms with Crippen molar-refractivity contribution in [3.8, 4) is 17.6 Å². The number of esters is 1. The highest BCUT2D eigenvalue weighted by Crippen LogP contribution is 2.23. The molecule has 0 heterocycles. The summed E-state index contributed by atoms with van der Waals surface area (Å²) in [5.74, 6) is -0.00436. The van der Waals surface area contributed by atoms with Gasteiger partial charge in [0.15, 0.2) is 6.61 Å². The number of carbonyl (C=O) groups is 2. The molecule has 0 radical (unpaired) electrons. The molecular formula is C20H18N2O5. The number of nitrogens with zero attached hydrogens (tertiary/aromatic N) is 1. The number of carbonyl (C=O) groups excluding carboxylic acids is 2. The van der Waals surface area contributed by atoms with E-state index in [0.717, 1.165) is 0 Å². The Kier molecular flexibility index (Phi) is 6.97. The number of methoxy groups -OCH3 is 2. The Hall–Kier alpha value is -3.79. The average molecular weight is 366 g/mol. The molecule has 0 aliphatic carbocycles. The number of hydrogen-bond donors (Lipinski definition) is 1. The fourth-order valence-corrected chi connectivity index (χ4v) is 2.14. The maximum atomic E-state index is 11.8. The van der Waals surface area contributed by atoms with Gasteiger partial charge in [-0.3, -0.25) is 4.79 Å². The molecule has 0 spiro atoms. The molecule has 0 aromatic heterocycles. The highest BCUT2D eigenvalue weighted by molar-refractivity contribution is 5.94. The van der Waals surface area contributed by atoms with Crippen LogP contribution in [-0.4, -0.2) is 32.7 Å². The van der Waals surface area contributed by atoms with E-state index in [-0.39, 0.29) is 0 Å². The van der Waals surface area contributed by atoms with E-state index in [1.165, 1.54) is 32.4 Å². The number of nitriles is 1. The fraction of sp³-hybridized carbons (Fsp3) is 0.150. The molecule has 2 aromatic rings. The summed E-state index contributed by atoms with van der Waals surface area (Å²) in [6, 6.07) is 13.6. The van der Waals surface area contributed by atoms with E-state index in [1.54, 1.807) is 36.4 Å². The Balaban J connectivity index is 1.89. The van der Waals surface area contributed by atoms with Gasteiger partial charge in [0, 0.05) is 17.8 Å². The van der Waals surface area contributed by atoms with Crippen molar-refractivity contribution in [2.45, 2.75) is 0 Å². The van der Waals surface area contributed by atoms with Crippen LogP contribution in [0.25, 0.3) is 6.08 Å². The van der Waals surface area contributed by atoms with E-state index >= 15 is 0 Å². The van der Waals surface area contributed by atoms with Gasteiger partial charge in [-0.25, -0.2) is 4.79 Å². The lowest BCUT2D eigenvalue weighted by Crippen LogP contribution is -2.20. The minimum absolute atomic E-state index is 0.418. The van der Waals surface area contributed by atoms with Crippen molar-refractivity contribution in [2.24, 2.45) is 0 Å². The number of ether oxygens (including phenoxy) is 3. The minimum atomic E-state index is -0.669. The SMILES string of the molecule is COc1cc(/C=C/C(=O)OCC(=O)Nc2cccc(C#N)c2)cc(OC)c1. The smallest absolute Gasteiger partial charge is 0.331 e. The first-order valence-electron chi connectivity index (χ1n) is 7.92. The summed E-state index contributed by atoms with van der Waals surface area (Å²) in [6.07, 6.45) is 2.74. The van der Waals surface area contributed by atoms with Gasteiger partial charge < -0.3 is 19.5 Å². The molecule has 0 fully saturated rings. The standard InChI is InChI=1S/C20H18N2O5/c1-25-17-9-14(10-18(11-17)26-2)6-7-20(24)27-13-19(23)22-16-5-3-4-15(8-16)12-21/h3-11H,13H2,1-2H3,(H,22,23)/b7-6+. The topological polar surface area (TPSA) is 97.6 Å². The first kappa shape index (κ1) is 19.5. The van der Waals surface area contributed by atoms with Crippen molar-refractivity contribution in [1.82, 2.24) is 0 Å². The molecule has 0 saturated heterocycles. The Morgan fingerprint density at radius 3 is 2.44 bits per heavy atom. The molecular weight excluding hydrogens is 348 g/mol. The van der Waals surface area contributed by atoms with E-state index in [1.807, 2.05) is 6.07 Å². The highest BCUT2D eigenvalue weighted by Gasteiger charge is 2.07. The van der Waals surface area contributed by atoms with Gasteiger partial charge >= 0.3 is 5.97 Å². The molecule has 1 amide bonds. The lowest BCUT2D eigenvalue weighted by molar-refractivity contribution is -0.142. The summed E-state index contributed by atoms with van der Waals surface area (Å²) < 4.78 is 15.2. The van der Waals surface area contributed by atoms with Crippen LogP contribution in [0, 0.1) is 11.3 Å². The van der Waals surface area contributed by atoms with Crippen LogP contribution in [0.1, 0.15) is 11.1 Å². The zero-order chi connectivity index (χ0) is 19.6.